The average Bonchev–Trinajstić information content (AvgIpc) is 3.21. The lowest BCUT2D eigenvalue weighted by atomic mass is 9.90. The molecule has 1 aliphatic heterocycles. The maximum Gasteiger partial charge on any atom is 0.251 e. The third-order valence-electron chi connectivity index (χ3n) is 8.40. The Bertz CT molecular complexity index is 1620. The number of hydrogen-bond donors (Lipinski definition) is 2. The van der Waals surface area contributed by atoms with Gasteiger partial charge in [-0.2, -0.15) is 0 Å². The molecule has 0 saturated carbocycles. The number of fused-ring (bicyclic) bond motifs is 1. The first kappa shape index (κ1) is 28.4. The van der Waals surface area contributed by atoms with Gasteiger partial charge in [0.2, 0.25) is 5.91 Å². The Balaban J connectivity index is 1.21. The fraction of sp³-hybridized carbons (Fsp3) is 0.211. The quantitative estimate of drug-likeness (QED) is 0.223. The van der Waals surface area contributed by atoms with Crippen LogP contribution in [0.4, 0.5) is 0 Å². The highest BCUT2D eigenvalue weighted by molar-refractivity contribution is 5.98. The molecule has 1 heterocycles. The number of benzene rings is 5. The zero-order valence-corrected chi connectivity index (χ0v) is 24.2. The summed E-state index contributed by atoms with van der Waals surface area (Å²) in [6.07, 6.45) is 1.33. The molecule has 0 aromatic heterocycles. The van der Waals surface area contributed by atoms with Gasteiger partial charge in [-0.15, -0.1) is 0 Å². The number of nitrogens with zero attached hydrogens (tertiary/aromatic N) is 1. The normalized spacial score (nSPS) is 17.1. The molecule has 2 amide bonds. The molecule has 5 heteroatoms. The fourth-order valence-electron chi connectivity index (χ4n) is 6.06. The minimum Gasteiger partial charge on any atom is -0.350 e. The molecule has 216 valence electrons. The molecule has 0 radical (unpaired) electrons. The number of amides is 2. The van der Waals surface area contributed by atoms with Gasteiger partial charge in [-0.1, -0.05) is 121 Å². The zero-order chi connectivity index (χ0) is 29.4. The highest BCUT2D eigenvalue weighted by atomic mass is 16.2. The summed E-state index contributed by atoms with van der Waals surface area (Å²) in [5.74, 6) is 0.0600. The number of carbonyl (C=O) groups excluding carboxylic acids is 2. The standard InChI is InChI=1S/C38H37N3O2/c42-37(33-21-20-29-14-10-11-19-32(29)25-33)39-26-34-22-23-41(38(43)36(40-34)24-28-12-4-1-5-13-28)27-35(30-15-6-2-7-16-30)31-17-8-3-9-18-31/h1-21,25,34-36,40H,22-24,26-27H2,(H,39,42)/t34-,36-/m0/s1. The minimum absolute atomic E-state index is 0.0426. The molecule has 43 heavy (non-hydrogen) atoms. The van der Waals surface area contributed by atoms with Gasteiger partial charge in [0.15, 0.2) is 0 Å². The van der Waals surface area contributed by atoms with Gasteiger partial charge in [0.05, 0.1) is 6.04 Å². The molecule has 2 atom stereocenters. The van der Waals surface area contributed by atoms with Crippen molar-refractivity contribution in [1.82, 2.24) is 15.5 Å². The van der Waals surface area contributed by atoms with Crippen LogP contribution in [0.5, 0.6) is 0 Å². The first-order chi connectivity index (χ1) is 21.1. The van der Waals surface area contributed by atoms with Crippen LogP contribution in [0.1, 0.15) is 39.4 Å². The molecule has 1 fully saturated rings. The Morgan fingerprint density at radius 1 is 0.767 bits per heavy atom. The van der Waals surface area contributed by atoms with Crippen molar-refractivity contribution >= 4 is 22.6 Å². The van der Waals surface area contributed by atoms with Crippen LogP contribution < -0.4 is 10.6 Å². The molecule has 5 nitrogen and oxygen atoms in total. The van der Waals surface area contributed by atoms with Gasteiger partial charge in [0, 0.05) is 37.2 Å². The van der Waals surface area contributed by atoms with E-state index < -0.39 is 0 Å². The zero-order valence-electron chi connectivity index (χ0n) is 24.2. The largest absolute Gasteiger partial charge is 0.350 e. The van der Waals surface area contributed by atoms with Gasteiger partial charge in [0.1, 0.15) is 0 Å². The Morgan fingerprint density at radius 3 is 2.05 bits per heavy atom. The van der Waals surface area contributed by atoms with Crippen molar-refractivity contribution < 1.29 is 9.59 Å². The summed E-state index contributed by atoms with van der Waals surface area (Å²) < 4.78 is 0. The topological polar surface area (TPSA) is 61.4 Å². The molecule has 1 aliphatic rings. The van der Waals surface area contributed by atoms with Crippen LogP contribution in [0.15, 0.2) is 133 Å². The van der Waals surface area contributed by atoms with Crippen molar-refractivity contribution in [3.63, 3.8) is 0 Å². The molecule has 0 aliphatic carbocycles. The second-order valence-electron chi connectivity index (χ2n) is 11.3. The van der Waals surface area contributed by atoms with Crippen molar-refractivity contribution in [1.29, 1.82) is 0 Å². The summed E-state index contributed by atoms with van der Waals surface area (Å²) >= 11 is 0. The molecule has 0 spiro atoms. The van der Waals surface area contributed by atoms with E-state index in [2.05, 4.69) is 71.3 Å². The average molecular weight is 568 g/mol. The van der Waals surface area contributed by atoms with E-state index in [1.54, 1.807) is 0 Å². The van der Waals surface area contributed by atoms with Crippen molar-refractivity contribution in [3.8, 4) is 0 Å². The third-order valence-corrected chi connectivity index (χ3v) is 8.40. The third kappa shape index (κ3) is 7.02. The maximum atomic E-state index is 14.2. The Morgan fingerprint density at radius 2 is 1.37 bits per heavy atom. The Kier molecular flexibility index (Phi) is 8.90. The summed E-state index contributed by atoms with van der Waals surface area (Å²) in [7, 11) is 0. The highest BCUT2D eigenvalue weighted by Crippen LogP contribution is 2.27. The summed E-state index contributed by atoms with van der Waals surface area (Å²) in [5.41, 5.74) is 4.13. The van der Waals surface area contributed by atoms with Gasteiger partial charge in [-0.3, -0.25) is 9.59 Å². The van der Waals surface area contributed by atoms with E-state index >= 15 is 0 Å². The van der Waals surface area contributed by atoms with E-state index in [9.17, 15) is 9.59 Å². The monoisotopic (exact) mass is 567 g/mol. The van der Waals surface area contributed by atoms with Gasteiger partial charge in [0.25, 0.3) is 5.91 Å². The molecule has 0 bridgehead atoms. The first-order valence-corrected chi connectivity index (χ1v) is 15.1. The maximum absolute atomic E-state index is 14.2. The van der Waals surface area contributed by atoms with E-state index in [0.717, 1.165) is 22.8 Å². The smallest absolute Gasteiger partial charge is 0.251 e. The number of rotatable bonds is 9. The van der Waals surface area contributed by atoms with Gasteiger partial charge < -0.3 is 15.5 Å². The lowest BCUT2D eigenvalue weighted by Crippen LogP contribution is -2.50. The summed E-state index contributed by atoms with van der Waals surface area (Å²) in [6, 6.07) is 44.4. The van der Waals surface area contributed by atoms with Crippen molar-refractivity contribution in [2.45, 2.75) is 30.8 Å². The SMILES string of the molecule is O=C(NC[C@@H]1CCN(CC(c2ccccc2)c2ccccc2)C(=O)[C@H](Cc2ccccc2)N1)c1ccc2ccccc2c1. The number of hydrogen-bond acceptors (Lipinski definition) is 3. The molecular formula is C38H37N3O2. The molecule has 2 N–H and O–H groups in total. The molecular weight excluding hydrogens is 530 g/mol. The van der Waals surface area contributed by atoms with E-state index in [-0.39, 0.29) is 29.8 Å². The van der Waals surface area contributed by atoms with E-state index in [0.29, 0.717) is 31.6 Å². The van der Waals surface area contributed by atoms with Crippen LogP contribution in [-0.4, -0.2) is 48.4 Å². The number of carbonyl (C=O) groups is 2. The molecule has 5 aromatic carbocycles. The first-order valence-electron chi connectivity index (χ1n) is 15.1. The highest BCUT2D eigenvalue weighted by Gasteiger charge is 2.33. The predicted octanol–water partition coefficient (Wildman–Crippen LogP) is 6.20. The number of nitrogens with one attached hydrogen (secondary N) is 2. The van der Waals surface area contributed by atoms with Crippen LogP contribution >= 0.6 is 0 Å². The summed E-state index contributed by atoms with van der Waals surface area (Å²) in [4.78, 5) is 29.3. The Labute approximate surface area is 253 Å². The van der Waals surface area contributed by atoms with Crippen LogP contribution in [0.2, 0.25) is 0 Å². The fourth-order valence-corrected chi connectivity index (χ4v) is 6.06. The molecule has 1 saturated heterocycles. The van der Waals surface area contributed by atoms with E-state index in [1.807, 2.05) is 77.7 Å². The van der Waals surface area contributed by atoms with Crippen LogP contribution in [0.3, 0.4) is 0 Å². The second-order valence-corrected chi connectivity index (χ2v) is 11.3. The summed E-state index contributed by atoms with van der Waals surface area (Å²) in [6.45, 7) is 1.65. The lowest BCUT2D eigenvalue weighted by Gasteiger charge is -2.29. The van der Waals surface area contributed by atoms with Crippen LogP contribution in [-0.2, 0) is 11.2 Å². The lowest BCUT2D eigenvalue weighted by molar-refractivity contribution is -0.132. The minimum atomic E-state index is -0.389. The molecule has 6 rings (SSSR count). The second kappa shape index (κ2) is 13.5. The van der Waals surface area contributed by atoms with E-state index in [4.69, 9.17) is 0 Å². The van der Waals surface area contributed by atoms with Crippen molar-refractivity contribution in [2.24, 2.45) is 0 Å². The predicted molar refractivity (Wildman–Crippen MR) is 173 cm³/mol. The summed E-state index contributed by atoms with van der Waals surface area (Å²) in [5, 5.41) is 8.91. The van der Waals surface area contributed by atoms with Crippen molar-refractivity contribution in [2.75, 3.05) is 19.6 Å². The van der Waals surface area contributed by atoms with Gasteiger partial charge in [-0.25, -0.2) is 0 Å². The van der Waals surface area contributed by atoms with Crippen LogP contribution in [0.25, 0.3) is 10.8 Å². The molecule has 5 aromatic rings. The van der Waals surface area contributed by atoms with Crippen molar-refractivity contribution in [3.05, 3.63) is 156 Å². The van der Waals surface area contributed by atoms with E-state index in [1.165, 1.54) is 11.1 Å². The Hall–Kier alpha value is -4.74. The van der Waals surface area contributed by atoms with Gasteiger partial charge in [-0.05, 0) is 52.4 Å². The van der Waals surface area contributed by atoms with Gasteiger partial charge >= 0.3 is 0 Å². The van der Waals surface area contributed by atoms with Crippen LogP contribution in [0, 0.1) is 0 Å². The molecule has 0 unspecified atom stereocenters.